The van der Waals surface area contributed by atoms with Crippen LogP contribution in [0.3, 0.4) is 0 Å². The molecule has 0 heterocycles. The molecule has 2 aromatic carbocycles. The monoisotopic (exact) mass is 345 g/mol. The summed E-state index contributed by atoms with van der Waals surface area (Å²) in [6.07, 6.45) is -3.53. The van der Waals surface area contributed by atoms with Gasteiger partial charge in [0.2, 0.25) is 0 Å². The number of esters is 1. The number of carbonyl (C=O) groups excluding carboxylic acids is 1. The third kappa shape index (κ3) is 5.12. The lowest BCUT2D eigenvalue weighted by Crippen LogP contribution is -2.38. The Balaban J connectivity index is 2.10. The van der Waals surface area contributed by atoms with E-state index in [1.54, 1.807) is 24.3 Å². The summed E-state index contributed by atoms with van der Waals surface area (Å²) in [5, 5.41) is 12.9. The van der Waals surface area contributed by atoms with Gasteiger partial charge in [-0.1, -0.05) is 47.6 Å². The van der Waals surface area contributed by atoms with Crippen LogP contribution in [-0.2, 0) is 9.57 Å². The molecule has 0 aliphatic rings. The van der Waals surface area contributed by atoms with Gasteiger partial charge >= 0.3 is 5.97 Å². The first-order valence-corrected chi connectivity index (χ1v) is 7.78. The van der Waals surface area contributed by atoms with E-state index in [1.807, 2.05) is 30.3 Å². The second-order valence-electron chi connectivity index (χ2n) is 5.44. The minimum atomic E-state index is -1.78. The zero-order valence-corrected chi connectivity index (χ0v) is 14.0. The van der Waals surface area contributed by atoms with Gasteiger partial charge in [0, 0.05) is 0 Å². The third-order valence-electron chi connectivity index (χ3n) is 3.57. The van der Waals surface area contributed by atoms with Crippen molar-refractivity contribution >= 4 is 12.2 Å². The lowest BCUT2D eigenvalue weighted by atomic mass is 10.0. The molecule has 6 heteroatoms. The summed E-state index contributed by atoms with van der Waals surface area (Å²) in [6.45, 7) is 1.34. The van der Waals surface area contributed by atoms with Gasteiger partial charge in [0.05, 0.1) is 17.9 Å². The predicted octanol–water partition coefficient (Wildman–Crippen LogP) is 3.23. The number of halogens is 1. The van der Waals surface area contributed by atoms with Gasteiger partial charge < -0.3 is 14.7 Å². The van der Waals surface area contributed by atoms with Crippen molar-refractivity contribution in [3.05, 3.63) is 60.2 Å². The highest BCUT2D eigenvalue weighted by atomic mass is 19.1. The van der Waals surface area contributed by atoms with Crippen molar-refractivity contribution in [3.8, 4) is 11.1 Å². The summed E-state index contributed by atoms with van der Waals surface area (Å²) in [7, 11) is 1.26. The van der Waals surface area contributed by atoms with Crippen LogP contribution in [0.5, 0.6) is 0 Å². The van der Waals surface area contributed by atoms with E-state index in [0.29, 0.717) is 0 Å². The molecule has 25 heavy (non-hydrogen) atoms. The van der Waals surface area contributed by atoms with E-state index in [4.69, 9.17) is 4.74 Å². The largest absolute Gasteiger partial charge is 0.452 e. The topological polar surface area (TPSA) is 68.1 Å². The van der Waals surface area contributed by atoms with Crippen LogP contribution in [0.2, 0.25) is 0 Å². The normalized spacial score (nSPS) is 14.7. The first kappa shape index (κ1) is 18.6. The fourth-order valence-electron chi connectivity index (χ4n) is 2.25. The fourth-order valence-corrected chi connectivity index (χ4v) is 2.25. The summed E-state index contributed by atoms with van der Waals surface area (Å²) >= 11 is 0. The van der Waals surface area contributed by atoms with Gasteiger partial charge in [-0.3, -0.25) is 0 Å². The molecule has 2 rings (SSSR count). The van der Waals surface area contributed by atoms with Crippen molar-refractivity contribution in [3.63, 3.8) is 0 Å². The van der Waals surface area contributed by atoms with Crippen molar-refractivity contribution in [2.24, 2.45) is 5.16 Å². The van der Waals surface area contributed by atoms with E-state index in [1.165, 1.54) is 14.0 Å². The summed E-state index contributed by atoms with van der Waals surface area (Å²) in [5.41, 5.74) is 2.23. The van der Waals surface area contributed by atoms with E-state index in [2.05, 4.69) is 9.99 Å². The maximum absolute atomic E-state index is 14.0. The molecule has 0 aromatic heterocycles. The van der Waals surface area contributed by atoms with Crippen LogP contribution < -0.4 is 0 Å². The molecule has 0 radical (unpaired) electrons. The molecule has 0 aliphatic heterocycles. The van der Waals surface area contributed by atoms with Gasteiger partial charge in [-0.2, -0.15) is 0 Å². The summed E-state index contributed by atoms with van der Waals surface area (Å²) < 4.78 is 19.1. The number of alkyl halides is 1. The molecule has 2 aromatic rings. The van der Waals surface area contributed by atoms with Crippen LogP contribution in [0.15, 0.2) is 59.8 Å². The van der Waals surface area contributed by atoms with Crippen molar-refractivity contribution < 1.29 is 23.9 Å². The first-order chi connectivity index (χ1) is 12.0. The van der Waals surface area contributed by atoms with Crippen molar-refractivity contribution in [2.75, 3.05) is 7.11 Å². The lowest BCUT2D eigenvalue weighted by molar-refractivity contribution is -0.0311. The second-order valence-corrected chi connectivity index (χ2v) is 5.44. The van der Waals surface area contributed by atoms with Gasteiger partial charge in [-0.25, -0.2) is 9.18 Å². The highest BCUT2D eigenvalue weighted by molar-refractivity contribution is 5.90. The average molecular weight is 345 g/mol. The summed E-state index contributed by atoms with van der Waals surface area (Å²) in [4.78, 5) is 16.6. The molecular formula is C19H20FNO4. The van der Waals surface area contributed by atoms with Crippen LogP contribution in [-0.4, -0.2) is 42.8 Å². The zero-order valence-electron chi connectivity index (χ0n) is 14.0. The molecule has 0 spiro atoms. The van der Waals surface area contributed by atoms with E-state index < -0.39 is 24.3 Å². The number of nitrogens with zero attached hydrogens (tertiary/aromatic N) is 1. The van der Waals surface area contributed by atoms with Gasteiger partial charge in [0.15, 0.2) is 12.3 Å². The SMILES string of the molecule is CON=C[C@@H](F)[C@H](OC(=O)c1ccc(-c2ccccc2)cc1)[C@@H](C)O. The molecule has 0 saturated heterocycles. The van der Waals surface area contributed by atoms with Crippen LogP contribution in [0.1, 0.15) is 17.3 Å². The minimum Gasteiger partial charge on any atom is -0.452 e. The highest BCUT2D eigenvalue weighted by Crippen LogP contribution is 2.20. The number of aliphatic hydroxyl groups is 1. The summed E-state index contributed by atoms with van der Waals surface area (Å²) in [6, 6.07) is 16.4. The molecule has 132 valence electrons. The minimum absolute atomic E-state index is 0.265. The Bertz CT molecular complexity index is 701. The molecule has 0 aliphatic carbocycles. The third-order valence-corrected chi connectivity index (χ3v) is 3.57. The van der Waals surface area contributed by atoms with Crippen LogP contribution in [0.4, 0.5) is 4.39 Å². The van der Waals surface area contributed by atoms with Crippen LogP contribution in [0.25, 0.3) is 11.1 Å². The standard InChI is InChI=1S/C19H20FNO4/c1-13(22)18(17(20)12-21-24-2)25-19(23)16-10-8-15(9-11-16)14-6-4-3-5-7-14/h3-13,17-18,22H,1-2H3/t13-,17-,18-/m1/s1. The lowest BCUT2D eigenvalue weighted by Gasteiger charge is -2.21. The molecule has 0 fully saturated rings. The Morgan fingerprint density at radius 3 is 2.28 bits per heavy atom. The number of ether oxygens (including phenoxy) is 1. The second kappa shape index (κ2) is 8.94. The van der Waals surface area contributed by atoms with E-state index in [-0.39, 0.29) is 5.56 Å². The smallest absolute Gasteiger partial charge is 0.338 e. The average Bonchev–Trinajstić information content (AvgIpc) is 2.64. The number of carbonyl (C=O) groups is 1. The molecule has 0 bridgehead atoms. The Labute approximate surface area is 145 Å². The van der Waals surface area contributed by atoms with Crippen LogP contribution in [0, 0.1) is 0 Å². The van der Waals surface area contributed by atoms with Gasteiger partial charge in [0.1, 0.15) is 7.11 Å². The number of rotatable bonds is 7. The molecule has 0 unspecified atom stereocenters. The quantitative estimate of drug-likeness (QED) is 0.475. The Morgan fingerprint density at radius 1 is 1.12 bits per heavy atom. The summed E-state index contributed by atoms with van der Waals surface area (Å²) in [5.74, 6) is -0.723. The van der Waals surface area contributed by atoms with E-state index in [9.17, 15) is 14.3 Å². The van der Waals surface area contributed by atoms with Crippen molar-refractivity contribution in [2.45, 2.75) is 25.3 Å². The Hall–Kier alpha value is -2.73. The maximum atomic E-state index is 14.0. The predicted molar refractivity (Wildman–Crippen MR) is 93.2 cm³/mol. The number of hydrogen-bond acceptors (Lipinski definition) is 5. The van der Waals surface area contributed by atoms with Crippen LogP contribution >= 0.6 is 0 Å². The van der Waals surface area contributed by atoms with Crippen molar-refractivity contribution in [1.29, 1.82) is 0 Å². The molecule has 0 amide bonds. The number of aliphatic hydroxyl groups excluding tert-OH is 1. The Morgan fingerprint density at radius 2 is 1.72 bits per heavy atom. The fraction of sp³-hybridized carbons (Fsp3) is 0.263. The van der Waals surface area contributed by atoms with Gasteiger partial charge in [-0.05, 0) is 30.2 Å². The Kier molecular flexibility index (Phi) is 6.65. The molecule has 1 N–H and O–H groups in total. The van der Waals surface area contributed by atoms with Crippen molar-refractivity contribution in [1.82, 2.24) is 0 Å². The van der Waals surface area contributed by atoms with E-state index in [0.717, 1.165) is 17.3 Å². The van der Waals surface area contributed by atoms with Gasteiger partial charge in [0.25, 0.3) is 0 Å². The number of hydrogen-bond donors (Lipinski definition) is 1. The number of benzene rings is 2. The first-order valence-electron chi connectivity index (χ1n) is 7.78. The molecular weight excluding hydrogens is 325 g/mol. The molecule has 3 atom stereocenters. The maximum Gasteiger partial charge on any atom is 0.338 e. The number of oxime groups is 1. The zero-order chi connectivity index (χ0) is 18.2. The molecule has 0 saturated carbocycles. The van der Waals surface area contributed by atoms with E-state index >= 15 is 0 Å². The highest BCUT2D eigenvalue weighted by Gasteiger charge is 2.29. The molecule has 5 nitrogen and oxygen atoms in total. The van der Waals surface area contributed by atoms with Gasteiger partial charge in [-0.15, -0.1) is 0 Å².